The van der Waals surface area contributed by atoms with Crippen molar-refractivity contribution in [3.8, 4) is 5.75 Å². The van der Waals surface area contributed by atoms with Crippen molar-refractivity contribution >= 4 is 33.2 Å². The van der Waals surface area contributed by atoms with Gasteiger partial charge in [-0.05, 0) is 36.2 Å². The van der Waals surface area contributed by atoms with Crippen molar-refractivity contribution in [3.63, 3.8) is 0 Å². The van der Waals surface area contributed by atoms with Crippen LogP contribution in [0.15, 0.2) is 42.5 Å². The Hall–Kier alpha value is -3.14. The third-order valence-electron chi connectivity index (χ3n) is 4.12. The Labute approximate surface area is 174 Å². The number of ether oxygens (including phenoxy) is 1. The Balaban J connectivity index is 2.22. The third-order valence-corrected chi connectivity index (χ3v) is 4.71. The number of benzene rings is 2. The molecule has 0 fully saturated rings. The zero-order valence-corrected chi connectivity index (χ0v) is 17.8. The van der Waals surface area contributed by atoms with Gasteiger partial charge in [-0.25, -0.2) is 12.8 Å². The standard InChI is InChI=1S/C20H24FN3O5S/c1-12(2)18(23-19(25)14-7-5-6-8-15(14)21)20(26)22-13-9-10-17(29-3)16(11-13)24-30(4,27)28/h5-12,18,24H,1-4H3,(H,22,26)(H,23,25). The Kier molecular flexibility index (Phi) is 7.38. The highest BCUT2D eigenvalue weighted by molar-refractivity contribution is 7.92. The number of hydrogen-bond donors (Lipinski definition) is 3. The number of nitrogens with one attached hydrogen (secondary N) is 3. The van der Waals surface area contributed by atoms with E-state index in [4.69, 9.17) is 4.74 Å². The monoisotopic (exact) mass is 437 g/mol. The highest BCUT2D eigenvalue weighted by Crippen LogP contribution is 2.28. The summed E-state index contributed by atoms with van der Waals surface area (Å²) >= 11 is 0. The maximum Gasteiger partial charge on any atom is 0.254 e. The molecule has 0 aliphatic carbocycles. The summed E-state index contributed by atoms with van der Waals surface area (Å²) in [6.45, 7) is 3.47. The number of sulfonamides is 1. The van der Waals surface area contributed by atoms with Crippen molar-refractivity contribution in [2.24, 2.45) is 5.92 Å². The van der Waals surface area contributed by atoms with E-state index in [1.807, 2.05) is 0 Å². The lowest BCUT2D eigenvalue weighted by atomic mass is 10.0. The number of amides is 2. The van der Waals surface area contributed by atoms with Crippen LogP contribution in [0, 0.1) is 11.7 Å². The molecule has 10 heteroatoms. The van der Waals surface area contributed by atoms with E-state index in [1.54, 1.807) is 13.8 Å². The molecule has 0 heterocycles. The van der Waals surface area contributed by atoms with Crippen molar-refractivity contribution in [2.45, 2.75) is 19.9 Å². The van der Waals surface area contributed by atoms with Gasteiger partial charge >= 0.3 is 0 Å². The second-order valence-corrected chi connectivity index (χ2v) is 8.70. The minimum absolute atomic E-state index is 0.147. The molecule has 0 aliphatic rings. The Morgan fingerprint density at radius 1 is 1.10 bits per heavy atom. The number of methoxy groups -OCH3 is 1. The summed E-state index contributed by atoms with van der Waals surface area (Å²) < 4.78 is 44.4. The minimum Gasteiger partial charge on any atom is -0.495 e. The van der Waals surface area contributed by atoms with Crippen molar-refractivity contribution in [1.82, 2.24) is 5.32 Å². The summed E-state index contributed by atoms with van der Waals surface area (Å²) in [4.78, 5) is 25.2. The molecule has 8 nitrogen and oxygen atoms in total. The summed E-state index contributed by atoms with van der Waals surface area (Å²) in [5.41, 5.74) is 0.270. The Morgan fingerprint density at radius 2 is 1.77 bits per heavy atom. The number of carbonyl (C=O) groups excluding carboxylic acids is 2. The summed E-state index contributed by atoms with van der Waals surface area (Å²) in [7, 11) is -2.19. The van der Waals surface area contributed by atoms with E-state index in [0.717, 1.165) is 12.3 Å². The van der Waals surface area contributed by atoms with E-state index < -0.39 is 33.7 Å². The lowest BCUT2D eigenvalue weighted by Crippen LogP contribution is -2.47. The number of halogens is 1. The quantitative estimate of drug-likeness (QED) is 0.587. The zero-order chi connectivity index (χ0) is 22.5. The van der Waals surface area contributed by atoms with E-state index in [0.29, 0.717) is 0 Å². The minimum atomic E-state index is -3.57. The van der Waals surface area contributed by atoms with E-state index in [9.17, 15) is 22.4 Å². The molecule has 0 saturated heterocycles. The number of rotatable bonds is 8. The normalized spacial score (nSPS) is 12.2. The molecule has 1 atom stereocenters. The summed E-state index contributed by atoms with van der Waals surface area (Å²) in [5.74, 6) is -1.97. The van der Waals surface area contributed by atoms with E-state index in [-0.39, 0.29) is 28.6 Å². The lowest BCUT2D eigenvalue weighted by molar-refractivity contribution is -0.118. The molecule has 30 heavy (non-hydrogen) atoms. The van der Waals surface area contributed by atoms with Gasteiger partial charge in [0, 0.05) is 5.69 Å². The van der Waals surface area contributed by atoms with Gasteiger partial charge < -0.3 is 15.4 Å². The molecule has 0 radical (unpaired) electrons. The average Bonchev–Trinajstić information content (AvgIpc) is 2.65. The first kappa shape index (κ1) is 23.1. The van der Waals surface area contributed by atoms with Crippen molar-refractivity contribution in [1.29, 1.82) is 0 Å². The van der Waals surface area contributed by atoms with Gasteiger partial charge in [-0.3, -0.25) is 14.3 Å². The fourth-order valence-electron chi connectivity index (χ4n) is 2.68. The van der Waals surface area contributed by atoms with Crippen LogP contribution >= 0.6 is 0 Å². The maximum absolute atomic E-state index is 13.9. The fraction of sp³-hybridized carbons (Fsp3) is 0.300. The average molecular weight is 437 g/mol. The van der Waals surface area contributed by atoms with Gasteiger partial charge in [0.05, 0.1) is 24.6 Å². The molecular formula is C20H24FN3O5S. The highest BCUT2D eigenvalue weighted by atomic mass is 32.2. The van der Waals surface area contributed by atoms with Crippen LogP contribution in [-0.2, 0) is 14.8 Å². The molecule has 0 spiro atoms. The van der Waals surface area contributed by atoms with Crippen LogP contribution in [0.4, 0.5) is 15.8 Å². The van der Waals surface area contributed by atoms with E-state index in [1.165, 1.54) is 43.5 Å². The maximum atomic E-state index is 13.9. The van der Waals surface area contributed by atoms with Gasteiger partial charge in [-0.2, -0.15) is 0 Å². The van der Waals surface area contributed by atoms with Crippen LogP contribution in [0.1, 0.15) is 24.2 Å². The number of hydrogen-bond acceptors (Lipinski definition) is 5. The highest BCUT2D eigenvalue weighted by Gasteiger charge is 2.26. The molecule has 0 aromatic heterocycles. The summed E-state index contributed by atoms with van der Waals surface area (Å²) in [6, 6.07) is 8.94. The third kappa shape index (κ3) is 6.18. The molecule has 0 saturated carbocycles. The first-order chi connectivity index (χ1) is 14.0. The van der Waals surface area contributed by atoms with Crippen molar-refractivity contribution < 1.29 is 27.1 Å². The number of anilines is 2. The van der Waals surface area contributed by atoms with E-state index in [2.05, 4.69) is 15.4 Å². The molecule has 162 valence electrons. The van der Waals surface area contributed by atoms with Gasteiger partial charge in [-0.1, -0.05) is 26.0 Å². The van der Waals surface area contributed by atoms with Crippen LogP contribution in [-0.4, -0.2) is 39.6 Å². The van der Waals surface area contributed by atoms with Gasteiger partial charge in [-0.15, -0.1) is 0 Å². The lowest BCUT2D eigenvalue weighted by Gasteiger charge is -2.22. The molecule has 0 aliphatic heterocycles. The smallest absolute Gasteiger partial charge is 0.254 e. The molecule has 2 aromatic carbocycles. The predicted octanol–water partition coefficient (Wildman–Crippen LogP) is 2.60. The summed E-state index contributed by atoms with van der Waals surface area (Å²) in [5, 5.41) is 5.18. The zero-order valence-electron chi connectivity index (χ0n) is 17.0. The van der Waals surface area contributed by atoms with Gasteiger partial charge in [0.15, 0.2) is 0 Å². The van der Waals surface area contributed by atoms with Crippen molar-refractivity contribution in [3.05, 3.63) is 53.8 Å². The van der Waals surface area contributed by atoms with Gasteiger partial charge in [0.25, 0.3) is 5.91 Å². The predicted molar refractivity (Wildman–Crippen MR) is 113 cm³/mol. The Bertz CT molecular complexity index is 1040. The molecule has 3 N–H and O–H groups in total. The fourth-order valence-corrected chi connectivity index (χ4v) is 3.24. The first-order valence-corrected chi connectivity index (χ1v) is 10.9. The van der Waals surface area contributed by atoms with Crippen LogP contribution in [0.2, 0.25) is 0 Å². The Morgan fingerprint density at radius 3 is 2.33 bits per heavy atom. The van der Waals surface area contributed by atoms with Crippen LogP contribution in [0.3, 0.4) is 0 Å². The van der Waals surface area contributed by atoms with Crippen LogP contribution < -0.4 is 20.1 Å². The number of carbonyl (C=O) groups is 2. The molecule has 2 rings (SSSR count). The molecular weight excluding hydrogens is 413 g/mol. The SMILES string of the molecule is COc1ccc(NC(=O)C(NC(=O)c2ccccc2F)C(C)C)cc1NS(C)(=O)=O. The van der Waals surface area contributed by atoms with Crippen molar-refractivity contribution in [2.75, 3.05) is 23.4 Å². The van der Waals surface area contributed by atoms with E-state index >= 15 is 0 Å². The second kappa shape index (κ2) is 9.57. The second-order valence-electron chi connectivity index (χ2n) is 6.95. The molecule has 1 unspecified atom stereocenters. The van der Waals surface area contributed by atoms with Crippen LogP contribution in [0.25, 0.3) is 0 Å². The van der Waals surface area contributed by atoms with Gasteiger partial charge in [0.1, 0.15) is 17.6 Å². The molecule has 2 amide bonds. The first-order valence-electron chi connectivity index (χ1n) is 9.04. The topological polar surface area (TPSA) is 114 Å². The molecule has 0 bridgehead atoms. The largest absolute Gasteiger partial charge is 0.495 e. The van der Waals surface area contributed by atoms with Gasteiger partial charge in [0.2, 0.25) is 15.9 Å². The summed E-state index contributed by atoms with van der Waals surface area (Å²) in [6.07, 6.45) is 0.991. The van der Waals surface area contributed by atoms with Crippen LogP contribution in [0.5, 0.6) is 5.75 Å². The molecule has 2 aromatic rings.